The molecule has 0 spiro atoms. The lowest BCUT2D eigenvalue weighted by Gasteiger charge is -2.14. The average molecular weight is 291 g/mol. The molecule has 1 aromatic carbocycles. The van der Waals surface area contributed by atoms with Crippen molar-refractivity contribution in [3.05, 3.63) is 30.0 Å². The maximum absolute atomic E-state index is 12.3. The van der Waals surface area contributed by atoms with Crippen molar-refractivity contribution in [3.8, 4) is 17.2 Å². The van der Waals surface area contributed by atoms with Crippen molar-refractivity contribution in [2.45, 2.75) is 0 Å². The molecule has 21 heavy (non-hydrogen) atoms. The zero-order valence-electron chi connectivity index (χ0n) is 12.3. The van der Waals surface area contributed by atoms with Crippen LogP contribution in [-0.4, -0.2) is 37.0 Å². The fraction of sp³-hybridized carbons (Fsp3) is 0.286. The van der Waals surface area contributed by atoms with Gasteiger partial charge in [-0.05, 0) is 12.1 Å². The Kier molecular flexibility index (Phi) is 4.32. The summed E-state index contributed by atoms with van der Waals surface area (Å²) in [5, 5.41) is 6.75. The van der Waals surface area contributed by atoms with Crippen LogP contribution in [0.1, 0.15) is 10.4 Å². The van der Waals surface area contributed by atoms with Crippen LogP contribution in [0.3, 0.4) is 0 Å². The molecular formula is C14H17N3O4. The number of benzene rings is 1. The number of aryl methyl sites for hydroxylation is 1. The predicted octanol–water partition coefficient (Wildman–Crippen LogP) is 1.70. The van der Waals surface area contributed by atoms with Crippen molar-refractivity contribution in [3.63, 3.8) is 0 Å². The van der Waals surface area contributed by atoms with Crippen LogP contribution in [0.25, 0.3) is 0 Å². The number of rotatable bonds is 5. The Morgan fingerprint density at radius 1 is 1.14 bits per heavy atom. The van der Waals surface area contributed by atoms with Gasteiger partial charge in [-0.3, -0.25) is 9.48 Å². The van der Waals surface area contributed by atoms with Crippen molar-refractivity contribution in [1.29, 1.82) is 0 Å². The third-order valence-electron chi connectivity index (χ3n) is 2.99. The lowest BCUT2D eigenvalue weighted by atomic mass is 10.1. The van der Waals surface area contributed by atoms with Crippen LogP contribution in [0.2, 0.25) is 0 Å². The smallest absolute Gasteiger partial charge is 0.257 e. The molecule has 112 valence electrons. The van der Waals surface area contributed by atoms with Crippen molar-refractivity contribution in [1.82, 2.24) is 9.78 Å². The van der Waals surface area contributed by atoms with Crippen LogP contribution in [0.15, 0.2) is 24.4 Å². The van der Waals surface area contributed by atoms with E-state index in [-0.39, 0.29) is 5.91 Å². The first kappa shape index (κ1) is 14.7. The van der Waals surface area contributed by atoms with Crippen molar-refractivity contribution in [2.75, 3.05) is 26.6 Å². The molecule has 0 aliphatic rings. The van der Waals surface area contributed by atoms with Gasteiger partial charge in [0.1, 0.15) is 5.82 Å². The van der Waals surface area contributed by atoms with Crippen molar-refractivity contribution < 1.29 is 19.0 Å². The molecule has 0 saturated heterocycles. The zero-order valence-corrected chi connectivity index (χ0v) is 12.3. The monoisotopic (exact) mass is 291 g/mol. The molecule has 0 saturated carbocycles. The van der Waals surface area contributed by atoms with Gasteiger partial charge >= 0.3 is 0 Å². The Morgan fingerprint density at radius 2 is 1.76 bits per heavy atom. The highest BCUT2D eigenvalue weighted by Gasteiger charge is 2.17. The van der Waals surface area contributed by atoms with Crippen LogP contribution in [0, 0.1) is 0 Å². The van der Waals surface area contributed by atoms with Gasteiger partial charge in [0.25, 0.3) is 5.91 Å². The molecule has 0 atom stereocenters. The van der Waals surface area contributed by atoms with E-state index >= 15 is 0 Å². The number of ether oxygens (including phenoxy) is 3. The van der Waals surface area contributed by atoms with E-state index in [2.05, 4.69) is 10.4 Å². The molecule has 2 rings (SSSR count). The maximum Gasteiger partial charge on any atom is 0.257 e. The Morgan fingerprint density at radius 3 is 2.19 bits per heavy atom. The first-order valence-electron chi connectivity index (χ1n) is 6.20. The largest absolute Gasteiger partial charge is 0.493 e. The molecule has 0 radical (unpaired) electrons. The molecule has 7 heteroatoms. The molecule has 2 aromatic rings. The van der Waals surface area contributed by atoms with E-state index in [4.69, 9.17) is 14.2 Å². The molecule has 1 N–H and O–H groups in total. The molecule has 1 heterocycles. The lowest BCUT2D eigenvalue weighted by molar-refractivity contribution is 0.102. The summed E-state index contributed by atoms with van der Waals surface area (Å²) >= 11 is 0. The molecule has 7 nitrogen and oxygen atoms in total. The summed E-state index contributed by atoms with van der Waals surface area (Å²) in [6, 6.07) is 4.88. The number of nitrogens with zero attached hydrogens (tertiary/aromatic N) is 2. The van der Waals surface area contributed by atoms with Crippen LogP contribution in [0.4, 0.5) is 5.82 Å². The normalized spacial score (nSPS) is 10.1. The van der Waals surface area contributed by atoms with E-state index in [9.17, 15) is 4.79 Å². The van der Waals surface area contributed by atoms with E-state index in [1.807, 2.05) is 0 Å². The number of nitrogens with one attached hydrogen (secondary N) is 1. The molecular weight excluding hydrogens is 274 g/mol. The van der Waals surface area contributed by atoms with E-state index < -0.39 is 0 Å². The summed E-state index contributed by atoms with van der Waals surface area (Å²) in [5.74, 6) is 1.59. The first-order valence-corrected chi connectivity index (χ1v) is 6.20. The predicted molar refractivity (Wildman–Crippen MR) is 77.3 cm³/mol. The van der Waals surface area contributed by atoms with Gasteiger partial charge in [0.05, 0.1) is 27.5 Å². The highest BCUT2D eigenvalue weighted by Crippen LogP contribution is 2.38. The highest BCUT2D eigenvalue weighted by molar-refractivity contribution is 6.04. The van der Waals surface area contributed by atoms with Crippen LogP contribution in [-0.2, 0) is 7.05 Å². The summed E-state index contributed by atoms with van der Waals surface area (Å²) in [5.41, 5.74) is 0.394. The van der Waals surface area contributed by atoms with Gasteiger partial charge in [0.15, 0.2) is 11.5 Å². The topological polar surface area (TPSA) is 74.6 Å². The summed E-state index contributed by atoms with van der Waals surface area (Å²) in [4.78, 5) is 12.3. The minimum atomic E-state index is -0.294. The SMILES string of the molecule is COc1cc(C(=O)Nc2ccnn2C)cc(OC)c1OC. The second-order valence-corrected chi connectivity index (χ2v) is 4.21. The van der Waals surface area contributed by atoms with Gasteiger partial charge in [-0.2, -0.15) is 5.10 Å². The number of hydrogen-bond donors (Lipinski definition) is 1. The van der Waals surface area contributed by atoms with Gasteiger partial charge in [-0.25, -0.2) is 0 Å². The molecule has 0 aliphatic carbocycles. The third kappa shape index (κ3) is 2.91. The fourth-order valence-electron chi connectivity index (χ4n) is 1.90. The second-order valence-electron chi connectivity index (χ2n) is 4.21. The molecule has 0 unspecified atom stereocenters. The van der Waals surface area contributed by atoms with Gasteiger partial charge in [-0.1, -0.05) is 0 Å². The minimum absolute atomic E-state index is 0.294. The quantitative estimate of drug-likeness (QED) is 0.907. The molecule has 1 amide bonds. The zero-order chi connectivity index (χ0) is 15.4. The third-order valence-corrected chi connectivity index (χ3v) is 2.99. The van der Waals surface area contributed by atoms with E-state index in [1.54, 1.807) is 36.1 Å². The lowest BCUT2D eigenvalue weighted by Crippen LogP contribution is -2.15. The molecule has 1 aromatic heterocycles. The number of methoxy groups -OCH3 is 3. The standard InChI is InChI=1S/C14H17N3O4/c1-17-12(5-6-15-17)16-14(18)9-7-10(19-2)13(21-4)11(8-9)20-3/h5-8H,1-4H3,(H,16,18). The van der Waals surface area contributed by atoms with Gasteiger partial charge in [-0.15, -0.1) is 0 Å². The van der Waals surface area contributed by atoms with E-state index in [0.717, 1.165) is 0 Å². The fourth-order valence-corrected chi connectivity index (χ4v) is 1.90. The van der Waals surface area contributed by atoms with Crippen molar-refractivity contribution >= 4 is 11.7 Å². The van der Waals surface area contributed by atoms with Gasteiger partial charge in [0, 0.05) is 18.7 Å². The average Bonchev–Trinajstić information content (AvgIpc) is 2.90. The van der Waals surface area contributed by atoms with Crippen molar-refractivity contribution in [2.24, 2.45) is 7.05 Å². The number of carbonyl (C=O) groups excluding carboxylic acids is 1. The van der Waals surface area contributed by atoms with Crippen LogP contribution < -0.4 is 19.5 Å². The van der Waals surface area contributed by atoms with E-state index in [0.29, 0.717) is 28.6 Å². The van der Waals surface area contributed by atoms with E-state index in [1.165, 1.54) is 21.3 Å². The van der Waals surface area contributed by atoms with Crippen LogP contribution in [0.5, 0.6) is 17.2 Å². The number of carbonyl (C=O) groups is 1. The summed E-state index contributed by atoms with van der Waals surface area (Å²) in [6.45, 7) is 0. The summed E-state index contributed by atoms with van der Waals surface area (Å²) < 4.78 is 17.2. The molecule has 0 fully saturated rings. The summed E-state index contributed by atoms with van der Waals surface area (Å²) in [6.07, 6.45) is 1.60. The Labute approximate surface area is 122 Å². The first-order chi connectivity index (χ1) is 10.1. The number of aromatic nitrogens is 2. The summed E-state index contributed by atoms with van der Waals surface area (Å²) in [7, 11) is 6.25. The van der Waals surface area contributed by atoms with Gasteiger partial charge < -0.3 is 19.5 Å². The molecule has 0 bridgehead atoms. The minimum Gasteiger partial charge on any atom is -0.493 e. The highest BCUT2D eigenvalue weighted by atomic mass is 16.5. The Bertz CT molecular complexity index is 626. The van der Waals surface area contributed by atoms with Gasteiger partial charge in [0.2, 0.25) is 5.75 Å². The number of amides is 1. The number of anilines is 1. The second kappa shape index (κ2) is 6.17. The Balaban J connectivity index is 2.35. The maximum atomic E-state index is 12.3. The molecule has 0 aliphatic heterocycles. The number of hydrogen-bond acceptors (Lipinski definition) is 5. The van der Waals surface area contributed by atoms with Crippen LogP contribution >= 0.6 is 0 Å². The Hall–Kier alpha value is -2.70.